The van der Waals surface area contributed by atoms with Crippen molar-refractivity contribution in [3.8, 4) is 5.75 Å². The van der Waals surface area contributed by atoms with Gasteiger partial charge in [0.15, 0.2) is 0 Å². The van der Waals surface area contributed by atoms with E-state index in [2.05, 4.69) is 17.1 Å². The van der Waals surface area contributed by atoms with E-state index in [1.54, 1.807) is 7.11 Å². The summed E-state index contributed by atoms with van der Waals surface area (Å²) >= 11 is 0. The molecule has 1 saturated heterocycles. The minimum absolute atomic E-state index is 0.0477. The molecule has 4 nitrogen and oxygen atoms in total. The van der Waals surface area contributed by atoms with E-state index in [4.69, 9.17) is 4.74 Å². The summed E-state index contributed by atoms with van der Waals surface area (Å²) in [5, 5.41) is 3.05. The number of nitrogens with zero attached hydrogens (tertiary/aromatic N) is 1. The molecule has 1 N–H and O–H groups in total. The van der Waals surface area contributed by atoms with Crippen molar-refractivity contribution >= 4 is 5.91 Å². The number of aryl methyl sites for hydroxylation is 1. The first-order valence-corrected chi connectivity index (χ1v) is 7.32. The molecular formula is C16H24N2O2. The molecule has 1 aromatic carbocycles. The highest BCUT2D eigenvalue weighted by Crippen LogP contribution is 2.20. The fourth-order valence-electron chi connectivity index (χ4n) is 2.85. The van der Waals surface area contributed by atoms with Gasteiger partial charge in [-0.3, -0.25) is 9.69 Å². The molecule has 0 bridgehead atoms. The Morgan fingerprint density at radius 3 is 3.00 bits per heavy atom. The van der Waals surface area contributed by atoms with Crippen molar-refractivity contribution in [1.82, 2.24) is 10.2 Å². The van der Waals surface area contributed by atoms with E-state index in [-0.39, 0.29) is 5.91 Å². The molecule has 1 aromatic rings. The zero-order chi connectivity index (χ0) is 14.5. The monoisotopic (exact) mass is 276 g/mol. The van der Waals surface area contributed by atoms with Gasteiger partial charge < -0.3 is 10.1 Å². The number of carbonyl (C=O) groups excluding carboxylic acids is 1. The van der Waals surface area contributed by atoms with Gasteiger partial charge in [0, 0.05) is 12.6 Å². The van der Waals surface area contributed by atoms with Crippen LogP contribution in [0.4, 0.5) is 0 Å². The minimum Gasteiger partial charge on any atom is -0.496 e. The number of amides is 1. The van der Waals surface area contributed by atoms with E-state index < -0.39 is 0 Å². The van der Waals surface area contributed by atoms with E-state index >= 15 is 0 Å². The summed E-state index contributed by atoms with van der Waals surface area (Å²) in [7, 11) is 1.59. The molecule has 1 aliphatic rings. The third kappa shape index (κ3) is 3.31. The number of rotatable bonds is 5. The minimum atomic E-state index is -0.0477. The van der Waals surface area contributed by atoms with Gasteiger partial charge in [0.2, 0.25) is 0 Å². The third-order valence-electron chi connectivity index (χ3n) is 4.00. The first-order valence-electron chi connectivity index (χ1n) is 7.32. The maximum Gasteiger partial charge on any atom is 0.255 e. The van der Waals surface area contributed by atoms with Crippen LogP contribution in [0.3, 0.4) is 0 Å². The predicted molar refractivity (Wildman–Crippen MR) is 80.3 cm³/mol. The van der Waals surface area contributed by atoms with Gasteiger partial charge in [-0.25, -0.2) is 0 Å². The second kappa shape index (κ2) is 6.75. The molecule has 110 valence electrons. The molecule has 1 aliphatic heterocycles. The highest BCUT2D eigenvalue weighted by Gasteiger charge is 2.23. The third-order valence-corrected chi connectivity index (χ3v) is 4.00. The fourth-order valence-corrected chi connectivity index (χ4v) is 2.85. The lowest BCUT2D eigenvalue weighted by Crippen LogP contribution is -2.40. The van der Waals surface area contributed by atoms with Gasteiger partial charge in [0.05, 0.1) is 12.7 Å². The first-order chi connectivity index (χ1) is 9.65. The number of carbonyl (C=O) groups is 1. The average molecular weight is 276 g/mol. The Morgan fingerprint density at radius 2 is 2.30 bits per heavy atom. The van der Waals surface area contributed by atoms with Crippen LogP contribution in [0.25, 0.3) is 0 Å². The summed E-state index contributed by atoms with van der Waals surface area (Å²) in [6, 6.07) is 6.14. The van der Waals surface area contributed by atoms with E-state index in [0.717, 1.165) is 18.7 Å². The molecular weight excluding hydrogens is 252 g/mol. The van der Waals surface area contributed by atoms with Gasteiger partial charge in [-0.15, -0.1) is 0 Å². The normalized spacial score (nSPS) is 19.1. The Bertz CT molecular complexity index is 474. The second-order valence-corrected chi connectivity index (χ2v) is 5.34. The standard InChI is InChI=1S/C16H24N2O2/c1-4-18-9-5-6-13(18)11-17-16(19)14-10-12(2)7-8-15(14)20-3/h7-8,10,13H,4-6,9,11H2,1-3H3,(H,17,19). The van der Waals surface area contributed by atoms with E-state index in [1.165, 1.54) is 12.8 Å². The molecule has 20 heavy (non-hydrogen) atoms. The molecule has 1 atom stereocenters. The Hall–Kier alpha value is -1.55. The summed E-state index contributed by atoms with van der Waals surface area (Å²) < 4.78 is 5.26. The lowest BCUT2D eigenvalue weighted by Gasteiger charge is -2.23. The largest absolute Gasteiger partial charge is 0.496 e. The van der Waals surface area contributed by atoms with E-state index in [1.807, 2.05) is 25.1 Å². The number of hydrogen-bond acceptors (Lipinski definition) is 3. The number of hydrogen-bond donors (Lipinski definition) is 1. The van der Waals surface area contributed by atoms with Crippen molar-refractivity contribution in [1.29, 1.82) is 0 Å². The van der Waals surface area contributed by atoms with Crippen LogP contribution in [0.1, 0.15) is 35.7 Å². The van der Waals surface area contributed by atoms with Crippen LogP contribution in [0.2, 0.25) is 0 Å². The molecule has 0 aromatic heterocycles. The molecule has 0 radical (unpaired) electrons. The topological polar surface area (TPSA) is 41.6 Å². The fraction of sp³-hybridized carbons (Fsp3) is 0.562. The smallest absolute Gasteiger partial charge is 0.255 e. The number of benzene rings is 1. The maximum absolute atomic E-state index is 12.3. The predicted octanol–water partition coefficient (Wildman–Crippen LogP) is 2.22. The lowest BCUT2D eigenvalue weighted by molar-refractivity contribution is 0.0938. The Morgan fingerprint density at radius 1 is 1.50 bits per heavy atom. The van der Waals surface area contributed by atoms with Crippen molar-refractivity contribution in [2.45, 2.75) is 32.7 Å². The van der Waals surface area contributed by atoms with Crippen LogP contribution >= 0.6 is 0 Å². The van der Waals surface area contributed by atoms with Gasteiger partial charge >= 0.3 is 0 Å². The van der Waals surface area contributed by atoms with E-state index in [0.29, 0.717) is 23.9 Å². The van der Waals surface area contributed by atoms with Crippen LogP contribution in [-0.4, -0.2) is 43.6 Å². The van der Waals surface area contributed by atoms with Crippen LogP contribution in [0.5, 0.6) is 5.75 Å². The molecule has 2 rings (SSSR count). The number of methoxy groups -OCH3 is 1. The SMILES string of the molecule is CCN1CCCC1CNC(=O)c1cc(C)ccc1OC. The van der Waals surface area contributed by atoms with Crippen LogP contribution in [0.15, 0.2) is 18.2 Å². The van der Waals surface area contributed by atoms with Crippen LogP contribution in [-0.2, 0) is 0 Å². The van der Waals surface area contributed by atoms with Gasteiger partial charge in [-0.05, 0) is 45.0 Å². The Kier molecular flexibility index (Phi) is 5.01. The number of nitrogens with one attached hydrogen (secondary N) is 1. The highest BCUT2D eigenvalue weighted by atomic mass is 16.5. The number of ether oxygens (including phenoxy) is 1. The Balaban J connectivity index is 2.00. The van der Waals surface area contributed by atoms with Crippen LogP contribution in [0, 0.1) is 6.92 Å². The molecule has 0 aliphatic carbocycles. The molecule has 1 amide bonds. The van der Waals surface area contributed by atoms with Crippen molar-refractivity contribution in [2.24, 2.45) is 0 Å². The van der Waals surface area contributed by atoms with Gasteiger partial charge in [-0.2, -0.15) is 0 Å². The average Bonchev–Trinajstić information content (AvgIpc) is 2.92. The van der Waals surface area contributed by atoms with Crippen LogP contribution < -0.4 is 10.1 Å². The van der Waals surface area contributed by atoms with Crippen molar-refractivity contribution < 1.29 is 9.53 Å². The van der Waals surface area contributed by atoms with Crippen molar-refractivity contribution in [2.75, 3.05) is 26.7 Å². The zero-order valence-electron chi connectivity index (χ0n) is 12.6. The molecule has 0 spiro atoms. The second-order valence-electron chi connectivity index (χ2n) is 5.34. The highest BCUT2D eigenvalue weighted by molar-refractivity contribution is 5.97. The lowest BCUT2D eigenvalue weighted by atomic mass is 10.1. The van der Waals surface area contributed by atoms with Gasteiger partial charge in [0.1, 0.15) is 5.75 Å². The summed E-state index contributed by atoms with van der Waals surface area (Å²) in [5.74, 6) is 0.584. The summed E-state index contributed by atoms with van der Waals surface area (Å²) in [6.45, 7) is 7.05. The zero-order valence-corrected chi connectivity index (χ0v) is 12.6. The van der Waals surface area contributed by atoms with E-state index in [9.17, 15) is 4.79 Å². The van der Waals surface area contributed by atoms with Crippen molar-refractivity contribution in [3.05, 3.63) is 29.3 Å². The first kappa shape index (κ1) is 14.9. The summed E-state index contributed by atoms with van der Waals surface area (Å²) in [4.78, 5) is 14.7. The molecule has 0 saturated carbocycles. The molecule has 1 unspecified atom stereocenters. The van der Waals surface area contributed by atoms with Gasteiger partial charge in [-0.1, -0.05) is 18.6 Å². The molecule has 1 heterocycles. The number of likely N-dealkylation sites (tertiary alicyclic amines) is 1. The quantitative estimate of drug-likeness (QED) is 0.896. The molecule has 1 fully saturated rings. The molecule has 4 heteroatoms. The summed E-state index contributed by atoms with van der Waals surface area (Å²) in [5.41, 5.74) is 1.68. The van der Waals surface area contributed by atoms with Crippen molar-refractivity contribution in [3.63, 3.8) is 0 Å². The van der Waals surface area contributed by atoms with Gasteiger partial charge in [0.25, 0.3) is 5.91 Å². The summed E-state index contributed by atoms with van der Waals surface area (Å²) in [6.07, 6.45) is 2.39. The number of likely N-dealkylation sites (N-methyl/N-ethyl adjacent to an activating group) is 1. The Labute approximate surface area is 121 Å². The maximum atomic E-state index is 12.3.